The van der Waals surface area contributed by atoms with Crippen LogP contribution in [0.15, 0.2) is 53.0 Å². The van der Waals surface area contributed by atoms with E-state index in [2.05, 4.69) is 15.9 Å². The summed E-state index contributed by atoms with van der Waals surface area (Å²) in [6.45, 7) is 1.59. The number of halogens is 1. The lowest BCUT2D eigenvalue weighted by molar-refractivity contribution is 0.101. The van der Waals surface area contributed by atoms with Crippen LogP contribution in [0.2, 0.25) is 0 Å². The summed E-state index contributed by atoms with van der Waals surface area (Å²) >= 11 is 3.40. The van der Waals surface area contributed by atoms with E-state index in [1.54, 1.807) is 6.92 Å². The number of hydrogen-bond donors (Lipinski definition) is 0. The van der Waals surface area contributed by atoms with Gasteiger partial charge in [-0.1, -0.05) is 34.1 Å². The van der Waals surface area contributed by atoms with Crippen LogP contribution in [0.3, 0.4) is 0 Å². The van der Waals surface area contributed by atoms with Crippen LogP contribution in [0.4, 0.5) is 11.4 Å². The third-order valence-corrected chi connectivity index (χ3v) is 3.34. The highest BCUT2D eigenvalue weighted by atomic mass is 79.9. The molecule has 2 nitrogen and oxygen atoms in total. The molecule has 0 atom stereocenters. The molecule has 0 heterocycles. The predicted octanol–water partition coefficient (Wildman–Crippen LogP) is 4.42. The number of para-hydroxylation sites is 1. The zero-order valence-electron chi connectivity index (χ0n) is 10.4. The van der Waals surface area contributed by atoms with Gasteiger partial charge in [0.1, 0.15) is 0 Å². The molecule has 2 aromatic carbocycles. The Morgan fingerprint density at radius 2 is 1.78 bits per heavy atom. The van der Waals surface area contributed by atoms with Gasteiger partial charge in [-0.05, 0) is 37.3 Å². The van der Waals surface area contributed by atoms with E-state index in [4.69, 9.17) is 0 Å². The minimum Gasteiger partial charge on any atom is -0.344 e. The standard InChI is InChI=1S/C15H14BrNO/c1-11(18)14-10-12(16)8-9-15(14)17(2)13-6-4-3-5-7-13/h3-10H,1-2H3. The van der Waals surface area contributed by atoms with Crippen LogP contribution in [0.5, 0.6) is 0 Å². The number of carbonyl (C=O) groups excluding carboxylic acids is 1. The van der Waals surface area contributed by atoms with Crippen LogP contribution in [0, 0.1) is 0 Å². The molecule has 0 radical (unpaired) electrons. The second-order valence-electron chi connectivity index (χ2n) is 4.11. The largest absolute Gasteiger partial charge is 0.344 e. The van der Waals surface area contributed by atoms with Gasteiger partial charge >= 0.3 is 0 Å². The Kier molecular flexibility index (Phi) is 3.82. The number of nitrogens with zero attached hydrogens (tertiary/aromatic N) is 1. The first-order valence-electron chi connectivity index (χ1n) is 5.69. The first-order chi connectivity index (χ1) is 8.59. The minimum absolute atomic E-state index is 0.0640. The van der Waals surface area contributed by atoms with Gasteiger partial charge in [-0.2, -0.15) is 0 Å². The molecule has 0 aliphatic carbocycles. The minimum atomic E-state index is 0.0640. The lowest BCUT2D eigenvalue weighted by Gasteiger charge is -2.22. The van der Waals surface area contributed by atoms with Crippen molar-refractivity contribution in [1.82, 2.24) is 0 Å². The van der Waals surface area contributed by atoms with Crippen molar-refractivity contribution >= 4 is 33.1 Å². The quantitative estimate of drug-likeness (QED) is 0.782. The molecule has 0 unspecified atom stereocenters. The lowest BCUT2D eigenvalue weighted by Crippen LogP contribution is -2.13. The van der Waals surface area contributed by atoms with Gasteiger partial charge in [-0.15, -0.1) is 0 Å². The van der Waals surface area contributed by atoms with Gasteiger partial charge < -0.3 is 4.90 Å². The van der Waals surface area contributed by atoms with E-state index in [1.807, 2.05) is 60.5 Å². The molecule has 0 aromatic heterocycles. The van der Waals surface area contributed by atoms with E-state index in [-0.39, 0.29) is 5.78 Å². The Morgan fingerprint density at radius 3 is 2.39 bits per heavy atom. The molecule has 2 aromatic rings. The van der Waals surface area contributed by atoms with Crippen molar-refractivity contribution in [3.05, 3.63) is 58.6 Å². The van der Waals surface area contributed by atoms with Crippen LogP contribution in [-0.4, -0.2) is 12.8 Å². The van der Waals surface area contributed by atoms with Gasteiger partial charge in [0.2, 0.25) is 0 Å². The van der Waals surface area contributed by atoms with Crippen LogP contribution >= 0.6 is 15.9 Å². The number of Topliss-reactive ketones (excluding diaryl/α,β-unsaturated/α-hetero) is 1. The average molecular weight is 304 g/mol. The molecule has 0 N–H and O–H groups in total. The fourth-order valence-electron chi connectivity index (χ4n) is 1.87. The van der Waals surface area contributed by atoms with Gasteiger partial charge in [0.05, 0.1) is 5.69 Å². The summed E-state index contributed by atoms with van der Waals surface area (Å²) in [7, 11) is 1.96. The molecule has 0 saturated carbocycles. The Morgan fingerprint density at radius 1 is 1.11 bits per heavy atom. The summed E-state index contributed by atoms with van der Waals surface area (Å²) in [6, 6.07) is 15.7. The number of anilines is 2. The Hall–Kier alpha value is -1.61. The van der Waals surface area contributed by atoms with Crippen molar-refractivity contribution in [2.75, 3.05) is 11.9 Å². The summed E-state index contributed by atoms with van der Waals surface area (Å²) < 4.78 is 0.915. The molecule has 0 amide bonds. The number of ketones is 1. The first-order valence-corrected chi connectivity index (χ1v) is 6.48. The van der Waals surface area contributed by atoms with Gasteiger partial charge in [0.15, 0.2) is 5.78 Å². The number of benzene rings is 2. The maximum Gasteiger partial charge on any atom is 0.161 e. The van der Waals surface area contributed by atoms with Crippen molar-refractivity contribution in [3.63, 3.8) is 0 Å². The van der Waals surface area contributed by atoms with Gasteiger partial charge in [-0.25, -0.2) is 0 Å². The molecule has 92 valence electrons. The van der Waals surface area contributed by atoms with Crippen molar-refractivity contribution in [3.8, 4) is 0 Å². The van der Waals surface area contributed by atoms with E-state index in [9.17, 15) is 4.79 Å². The molecule has 0 spiro atoms. The van der Waals surface area contributed by atoms with E-state index >= 15 is 0 Å². The molecule has 0 aliphatic heterocycles. The van der Waals surface area contributed by atoms with Crippen LogP contribution in [0.1, 0.15) is 17.3 Å². The van der Waals surface area contributed by atoms with Gasteiger partial charge in [-0.3, -0.25) is 4.79 Å². The average Bonchev–Trinajstić information content (AvgIpc) is 2.39. The maximum atomic E-state index is 11.7. The summed E-state index contributed by atoms with van der Waals surface area (Å²) in [5.74, 6) is 0.0640. The topological polar surface area (TPSA) is 20.3 Å². The number of rotatable bonds is 3. The monoisotopic (exact) mass is 303 g/mol. The number of hydrogen-bond acceptors (Lipinski definition) is 2. The summed E-state index contributed by atoms with van der Waals surface area (Å²) in [5, 5.41) is 0. The highest BCUT2D eigenvalue weighted by Crippen LogP contribution is 2.29. The van der Waals surface area contributed by atoms with Crippen molar-refractivity contribution < 1.29 is 4.79 Å². The lowest BCUT2D eigenvalue weighted by atomic mass is 10.1. The van der Waals surface area contributed by atoms with Gasteiger partial charge in [0, 0.05) is 22.8 Å². The molecule has 18 heavy (non-hydrogen) atoms. The van der Waals surface area contributed by atoms with Gasteiger partial charge in [0.25, 0.3) is 0 Å². The van der Waals surface area contributed by atoms with E-state index in [0.29, 0.717) is 0 Å². The molecular formula is C15H14BrNO. The SMILES string of the molecule is CC(=O)c1cc(Br)ccc1N(C)c1ccccc1. The zero-order chi connectivity index (χ0) is 13.1. The zero-order valence-corrected chi connectivity index (χ0v) is 11.9. The molecule has 0 bridgehead atoms. The molecule has 2 rings (SSSR count). The van der Waals surface area contributed by atoms with Crippen molar-refractivity contribution in [1.29, 1.82) is 0 Å². The second-order valence-corrected chi connectivity index (χ2v) is 5.03. The fraction of sp³-hybridized carbons (Fsp3) is 0.133. The maximum absolute atomic E-state index is 11.7. The molecule has 0 aliphatic rings. The summed E-state index contributed by atoms with van der Waals surface area (Å²) in [6.07, 6.45) is 0. The second kappa shape index (κ2) is 5.36. The highest BCUT2D eigenvalue weighted by molar-refractivity contribution is 9.10. The smallest absolute Gasteiger partial charge is 0.161 e. The third-order valence-electron chi connectivity index (χ3n) is 2.84. The van der Waals surface area contributed by atoms with Crippen molar-refractivity contribution in [2.24, 2.45) is 0 Å². The van der Waals surface area contributed by atoms with Crippen LogP contribution in [-0.2, 0) is 0 Å². The van der Waals surface area contributed by atoms with E-state index in [1.165, 1.54) is 0 Å². The molecular weight excluding hydrogens is 290 g/mol. The third kappa shape index (κ3) is 2.62. The normalized spacial score (nSPS) is 10.2. The molecule has 0 fully saturated rings. The van der Waals surface area contributed by atoms with Crippen LogP contribution < -0.4 is 4.90 Å². The number of carbonyl (C=O) groups is 1. The summed E-state index contributed by atoms with van der Waals surface area (Å²) in [4.78, 5) is 13.7. The van der Waals surface area contributed by atoms with E-state index in [0.717, 1.165) is 21.4 Å². The van der Waals surface area contributed by atoms with Crippen molar-refractivity contribution in [2.45, 2.75) is 6.92 Å². The fourth-order valence-corrected chi connectivity index (χ4v) is 2.23. The molecule has 3 heteroatoms. The summed E-state index contributed by atoms with van der Waals surface area (Å²) in [5.41, 5.74) is 2.69. The Labute approximate surface area is 115 Å². The highest BCUT2D eigenvalue weighted by Gasteiger charge is 2.12. The Bertz CT molecular complexity index is 566. The first kappa shape index (κ1) is 12.8. The van der Waals surface area contributed by atoms with Crippen LogP contribution in [0.25, 0.3) is 0 Å². The molecule has 0 saturated heterocycles. The predicted molar refractivity (Wildman–Crippen MR) is 78.7 cm³/mol. The van der Waals surface area contributed by atoms with E-state index < -0.39 is 0 Å². The Balaban J connectivity index is 2.48.